The molecule has 92 valence electrons. The zero-order chi connectivity index (χ0) is 12.8. The highest BCUT2D eigenvalue weighted by atomic mass is 28.3. The summed E-state index contributed by atoms with van der Waals surface area (Å²) in [5, 5.41) is 3.46. The van der Waals surface area contributed by atoms with Gasteiger partial charge < -0.3 is 0 Å². The number of rotatable bonds is 2. The summed E-state index contributed by atoms with van der Waals surface area (Å²) in [6.45, 7) is 14.2. The molecule has 0 fully saturated rings. The molecule has 1 atom stereocenters. The fourth-order valence-electron chi connectivity index (χ4n) is 3.47. The van der Waals surface area contributed by atoms with E-state index in [0.717, 1.165) is 0 Å². The van der Waals surface area contributed by atoms with Crippen molar-refractivity contribution in [1.29, 1.82) is 0 Å². The van der Waals surface area contributed by atoms with Crippen molar-refractivity contribution in [3.8, 4) is 0 Å². The van der Waals surface area contributed by atoms with Crippen LogP contribution in [0.1, 0.15) is 34.1 Å². The van der Waals surface area contributed by atoms with Crippen LogP contribution in [-0.4, -0.2) is 8.07 Å². The molecule has 0 aromatic carbocycles. The summed E-state index contributed by atoms with van der Waals surface area (Å²) in [4.78, 5) is 0. The highest BCUT2D eigenvalue weighted by Crippen LogP contribution is 2.40. The minimum Gasteiger partial charge on any atom is -0.0751 e. The van der Waals surface area contributed by atoms with Crippen molar-refractivity contribution >= 4 is 8.07 Å². The summed E-state index contributed by atoms with van der Waals surface area (Å²) in [5.74, 6) is 0.651. The zero-order valence-corrected chi connectivity index (χ0v) is 13.0. The first-order valence-electron chi connectivity index (χ1n) is 6.60. The van der Waals surface area contributed by atoms with Gasteiger partial charge in [0.1, 0.15) is 8.07 Å². The van der Waals surface area contributed by atoms with E-state index in [1.807, 2.05) is 0 Å². The Morgan fingerprint density at radius 1 is 1.12 bits per heavy atom. The Bertz CT molecular complexity index is 470. The predicted octanol–water partition coefficient (Wildman–Crippen LogP) is 4.96. The SMILES string of the molecule is CC1=CC(C)C([Si](C)(C)C2=C(C)C=C(C)C2)=C1. The van der Waals surface area contributed by atoms with Crippen LogP contribution in [-0.2, 0) is 0 Å². The second-order valence-electron chi connectivity index (χ2n) is 6.25. The molecule has 17 heavy (non-hydrogen) atoms. The molecule has 0 radical (unpaired) electrons. The molecule has 0 saturated heterocycles. The molecule has 1 heteroatoms. The number of hydrogen-bond donors (Lipinski definition) is 0. The van der Waals surface area contributed by atoms with Gasteiger partial charge in [0.05, 0.1) is 0 Å². The molecule has 0 heterocycles. The Morgan fingerprint density at radius 3 is 2.18 bits per heavy atom. The second-order valence-corrected chi connectivity index (χ2v) is 10.7. The van der Waals surface area contributed by atoms with Gasteiger partial charge in [0.2, 0.25) is 0 Å². The molecule has 2 aliphatic carbocycles. The largest absolute Gasteiger partial charge is 0.104 e. The quantitative estimate of drug-likeness (QED) is 0.602. The Morgan fingerprint density at radius 2 is 1.76 bits per heavy atom. The molecule has 0 aliphatic heterocycles. The van der Waals surface area contributed by atoms with E-state index < -0.39 is 8.07 Å². The maximum absolute atomic E-state index is 2.52. The van der Waals surface area contributed by atoms with Gasteiger partial charge in [-0.25, -0.2) is 0 Å². The maximum Gasteiger partial charge on any atom is 0.104 e. The lowest BCUT2D eigenvalue weighted by atomic mass is 10.2. The van der Waals surface area contributed by atoms with Crippen LogP contribution in [0.5, 0.6) is 0 Å². The van der Waals surface area contributed by atoms with E-state index in [-0.39, 0.29) is 0 Å². The molecule has 1 unspecified atom stereocenters. The summed E-state index contributed by atoms with van der Waals surface area (Å²) in [6.07, 6.45) is 8.46. The minimum absolute atomic E-state index is 0.651. The molecule has 0 nitrogen and oxygen atoms in total. The molecule has 0 amide bonds. The molecule has 0 N–H and O–H groups in total. The van der Waals surface area contributed by atoms with E-state index in [1.165, 1.54) is 23.1 Å². The summed E-state index contributed by atoms with van der Waals surface area (Å²) in [6, 6.07) is 0. The van der Waals surface area contributed by atoms with Crippen LogP contribution in [0.15, 0.2) is 45.3 Å². The topological polar surface area (TPSA) is 0 Å². The van der Waals surface area contributed by atoms with Crippen LogP contribution >= 0.6 is 0 Å². The first kappa shape index (κ1) is 12.6. The van der Waals surface area contributed by atoms with Crippen molar-refractivity contribution in [2.45, 2.75) is 47.2 Å². The number of hydrogen-bond acceptors (Lipinski definition) is 0. The van der Waals surface area contributed by atoms with Crippen molar-refractivity contribution in [1.82, 2.24) is 0 Å². The Labute approximate surface area is 107 Å². The van der Waals surface area contributed by atoms with Crippen molar-refractivity contribution < 1.29 is 0 Å². The van der Waals surface area contributed by atoms with Gasteiger partial charge in [0, 0.05) is 0 Å². The van der Waals surface area contributed by atoms with Gasteiger partial charge in [0.15, 0.2) is 0 Å². The Balaban J connectivity index is 2.34. The fraction of sp³-hybridized carbons (Fsp3) is 0.500. The molecule has 0 bridgehead atoms. The highest BCUT2D eigenvalue weighted by molar-refractivity contribution is 6.91. The van der Waals surface area contributed by atoms with Crippen molar-refractivity contribution in [2.75, 3.05) is 0 Å². The zero-order valence-electron chi connectivity index (χ0n) is 12.0. The second kappa shape index (κ2) is 4.13. The van der Waals surface area contributed by atoms with Gasteiger partial charge in [-0.15, -0.1) is 0 Å². The minimum atomic E-state index is -1.41. The average molecular weight is 244 g/mol. The Kier molecular flexibility index (Phi) is 3.07. The van der Waals surface area contributed by atoms with Crippen LogP contribution in [0, 0.1) is 5.92 Å². The molecule has 2 aliphatic rings. The Hall–Kier alpha value is -0.823. The smallest absolute Gasteiger partial charge is 0.0751 e. The lowest BCUT2D eigenvalue weighted by Crippen LogP contribution is -2.34. The van der Waals surface area contributed by atoms with Gasteiger partial charge in [0.25, 0.3) is 0 Å². The van der Waals surface area contributed by atoms with Gasteiger partial charge in [-0.2, -0.15) is 0 Å². The molecule has 2 rings (SSSR count). The van der Waals surface area contributed by atoms with Gasteiger partial charge in [-0.05, 0) is 33.1 Å². The summed E-state index contributed by atoms with van der Waals surface area (Å²) in [7, 11) is -1.41. The number of allylic oxidation sites excluding steroid dienone is 8. The third-order valence-corrected chi connectivity index (χ3v) is 8.38. The molecule has 0 aromatic heterocycles. The summed E-state index contributed by atoms with van der Waals surface area (Å²) >= 11 is 0. The van der Waals surface area contributed by atoms with Gasteiger partial charge in [-0.1, -0.05) is 65.4 Å². The molecule has 0 saturated carbocycles. The lowest BCUT2D eigenvalue weighted by molar-refractivity contribution is 0.919. The van der Waals surface area contributed by atoms with Crippen LogP contribution in [0.2, 0.25) is 13.1 Å². The van der Waals surface area contributed by atoms with E-state index in [2.05, 4.69) is 59.0 Å². The highest BCUT2D eigenvalue weighted by Gasteiger charge is 2.36. The summed E-state index contributed by atoms with van der Waals surface area (Å²) in [5.41, 5.74) is 4.53. The van der Waals surface area contributed by atoms with E-state index >= 15 is 0 Å². The van der Waals surface area contributed by atoms with Crippen molar-refractivity contribution in [3.63, 3.8) is 0 Å². The monoisotopic (exact) mass is 244 g/mol. The third-order valence-electron chi connectivity index (χ3n) is 4.26. The van der Waals surface area contributed by atoms with Crippen LogP contribution in [0.3, 0.4) is 0 Å². The van der Waals surface area contributed by atoms with Gasteiger partial charge >= 0.3 is 0 Å². The van der Waals surface area contributed by atoms with Crippen LogP contribution in [0.4, 0.5) is 0 Å². The normalized spacial score (nSPS) is 25.1. The lowest BCUT2D eigenvalue weighted by Gasteiger charge is -2.30. The van der Waals surface area contributed by atoms with Crippen molar-refractivity contribution in [2.24, 2.45) is 5.92 Å². The van der Waals surface area contributed by atoms with E-state index in [0.29, 0.717) is 5.92 Å². The first-order chi connectivity index (χ1) is 7.82. The van der Waals surface area contributed by atoms with Crippen LogP contribution < -0.4 is 0 Å². The van der Waals surface area contributed by atoms with Gasteiger partial charge in [-0.3, -0.25) is 0 Å². The molecular formula is C16H24Si. The first-order valence-corrected chi connectivity index (χ1v) is 9.60. The predicted molar refractivity (Wildman–Crippen MR) is 79.6 cm³/mol. The fourth-order valence-corrected chi connectivity index (χ4v) is 7.41. The van der Waals surface area contributed by atoms with Crippen molar-refractivity contribution in [3.05, 3.63) is 45.3 Å². The van der Waals surface area contributed by atoms with E-state index in [1.54, 1.807) is 10.4 Å². The average Bonchev–Trinajstić information content (AvgIpc) is 2.70. The summed E-state index contributed by atoms with van der Waals surface area (Å²) < 4.78 is 0. The molecule has 0 aromatic rings. The van der Waals surface area contributed by atoms with Crippen LogP contribution in [0.25, 0.3) is 0 Å². The molecular weight excluding hydrogens is 220 g/mol. The molecule has 0 spiro atoms. The van der Waals surface area contributed by atoms with E-state index in [9.17, 15) is 0 Å². The standard InChI is InChI=1S/C16H24Si/c1-11-7-13(3)15(9-11)17(5,6)16-10-12(2)8-14(16)4/h7-9,13H,10H2,1-6H3. The van der Waals surface area contributed by atoms with E-state index in [4.69, 9.17) is 0 Å². The maximum atomic E-state index is 2.52. The third kappa shape index (κ3) is 2.13.